The summed E-state index contributed by atoms with van der Waals surface area (Å²) in [6.45, 7) is 4.12. The molecule has 4 rings (SSSR count). The minimum atomic E-state index is 0.247. The summed E-state index contributed by atoms with van der Waals surface area (Å²) in [5.74, 6) is 2.71. The van der Waals surface area contributed by atoms with Crippen LogP contribution >= 0.6 is 0 Å². The second-order valence-corrected chi connectivity index (χ2v) is 6.76. The third-order valence-electron chi connectivity index (χ3n) is 4.81. The summed E-state index contributed by atoms with van der Waals surface area (Å²) in [5, 5.41) is 13.6. The minimum absolute atomic E-state index is 0.247. The standard InChI is InChI=1S/C19H24N6O/c26-16-7-5-15(6-8-16)14-20-23-17-13-18(24-9-1-2-10-24)22-19(21-17)25-11-3-4-12-25/h5-8,13-14,26H,1-4,9-12H2,(H,21,22,23)/b20-14-. The van der Waals surface area contributed by atoms with Crippen molar-refractivity contribution in [2.24, 2.45) is 5.10 Å². The van der Waals surface area contributed by atoms with Gasteiger partial charge in [0.25, 0.3) is 0 Å². The molecule has 1 aromatic heterocycles. The molecule has 0 spiro atoms. The van der Waals surface area contributed by atoms with Crippen molar-refractivity contribution in [3.05, 3.63) is 35.9 Å². The highest BCUT2D eigenvalue weighted by Gasteiger charge is 2.20. The maximum atomic E-state index is 9.34. The van der Waals surface area contributed by atoms with E-state index in [0.717, 1.165) is 43.5 Å². The van der Waals surface area contributed by atoms with Crippen molar-refractivity contribution in [3.8, 4) is 5.75 Å². The quantitative estimate of drug-likeness (QED) is 0.636. The number of nitrogens with one attached hydrogen (secondary N) is 1. The molecule has 2 fully saturated rings. The van der Waals surface area contributed by atoms with Gasteiger partial charge in [-0.25, -0.2) is 0 Å². The third kappa shape index (κ3) is 3.87. The fraction of sp³-hybridized carbons (Fsp3) is 0.421. The van der Waals surface area contributed by atoms with Gasteiger partial charge in [-0.2, -0.15) is 15.1 Å². The van der Waals surface area contributed by atoms with Crippen molar-refractivity contribution in [3.63, 3.8) is 0 Å². The molecule has 0 saturated carbocycles. The van der Waals surface area contributed by atoms with Crippen LogP contribution in [-0.4, -0.2) is 47.5 Å². The smallest absolute Gasteiger partial charge is 0.229 e. The van der Waals surface area contributed by atoms with Gasteiger partial charge in [-0.1, -0.05) is 0 Å². The van der Waals surface area contributed by atoms with Gasteiger partial charge >= 0.3 is 0 Å². The molecule has 2 saturated heterocycles. The van der Waals surface area contributed by atoms with E-state index in [2.05, 4.69) is 25.3 Å². The number of hydrazone groups is 1. The number of rotatable bonds is 5. The summed E-state index contributed by atoms with van der Waals surface area (Å²) in [7, 11) is 0. The van der Waals surface area contributed by atoms with Crippen LogP contribution in [0.3, 0.4) is 0 Å². The summed E-state index contributed by atoms with van der Waals surface area (Å²) in [6.07, 6.45) is 6.53. The summed E-state index contributed by atoms with van der Waals surface area (Å²) >= 11 is 0. The molecule has 7 nitrogen and oxygen atoms in total. The number of hydrogen-bond donors (Lipinski definition) is 2. The second kappa shape index (κ2) is 7.59. The molecule has 136 valence electrons. The number of phenolic OH excluding ortho intramolecular Hbond substituents is 1. The lowest BCUT2D eigenvalue weighted by molar-refractivity contribution is 0.475. The lowest BCUT2D eigenvalue weighted by Gasteiger charge is -2.21. The first-order valence-electron chi connectivity index (χ1n) is 9.25. The van der Waals surface area contributed by atoms with Crippen LogP contribution in [-0.2, 0) is 0 Å². The van der Waals surface area contributed by atoms with Crippen LogP contribution in [0.5, 0.6) is 5.75 Å². The van der Waals surface area contributed by atoms with E-state index < -0.39 is 0 Å². The van der Waals surface area contributed by atoms with Crippen molar-refractivity contribution < 1.29 is 5.11 Å². The molecule has 26 heavy (non-hydrogen) atoms. The topological polar surface area (TPSA) is 76.9 Å². The molecule has 1 aromatic carbocycles. The molecular weight excluding hydrogens is 328 g/mol. The van der Waals surface area contributed by atoms with E-state index in [1.165, 1.54) is 25.7 Å². The Morgan fingerprint density at radius 3 is 2.27 bits per heavy atom. The lowest BCUT2D eigenvalue weighted by Crippen LogP contribution is -2.24. The molecule has 0 radical (unpaired) electrons. The molecule has 2 aliphatic heterocycles. The van der Waals surface area contributed by atoms with Crippen LogP contribution in [0.4, 0.5) is 17.6 Å². The maximum Gasteiger partial charge on any atom is 0.229 e. The number of benzene rings is 1. The Kier molecular flexibility index (Phi) is 4.86. The summed E-state index contributed by atoms with van der Waals surface area (Å²) in [6, 6.07) is 8.88. The van der Waals surface area contributed by atoms with Crippen LogP contribution in [0.15, 0.2) is 35.4 Å². The SMILES string of the molecule is Oc1ccc(/C=N\Nc2cc(N3CCCC3)nc(N3CCCC3)n2)cc1. The van der Waals surface area contributed by atoms with Gasteiger partial charge in [-0.05, 0) is 55.5 Å². The normalized spacial score (nSPS) is 17.4. The van der Waals surface area contributed by atoms with E-state index in [1.54, 1.807) is 18.3 Å². The summed E-state index contributed by atoms with van der Waals surface area (Å²) in [4.78, 5) is 14.0. The summed E-state index contributed by atoms with van der Waals surface area (Å²) in [5.41, 5.74) is 3.94. The summed E-state index contributed by atoms with van der Waals surface area (Å²) < 4.78 is 0. The minimum Gasteiger partial charge on any atom is -0.508 e. The Morgan fingerprint density at radius 1 is 0.923 bits per heavy atom. The van der Waals surface area contributed by atoms with Gasteiger partial charge < -0.3 is 14.9 Å². The van der Waals surface area contributed by atoms with Crippen LogP contribution in [0, 0.1) is 0 Å². The van der Waals surface area contributed by atoms with Gasteiger partial charge in [0.2, 0.25) is 5.95 Å². The zero-order chi connectivity index (χ0) is 17.8. The first-order chi connectivity index (χ1) is 12.8. The Labute approximate surface area is 153 Å². The molecule has 0 amide bonds. The first-order valence-corrected chi connectivity index (χ1v) is 9.25. The van der Waals surface area contributed by atoms with Crippen molar-refractivity contribution in [2.45, 2.75) is 25.7 Å². The molecule has 0 bridgehead atoms. The Morgan fingerprint density at radius 2 is 1.58 bits per heavy atom. The number of phenols is 1. The average Bonchev–Trinajstić information content (AvgIpc) is 3.37. The number of nitrogens with zero attached hydrogens (tertiary/aromatic N) is 5. The van der Waals surface area contributed by atoms with Crippen molar-refractivity contribution >= 4 is 23.8 Å². The maximum absolute atomic E-state index is 9.34. The fourth-order valence-electron chi connectivity index (χ4n) is 3.38. The van der Waals surface area contributed by atoms with E-state index in [0.29, 0.717) is 5.82 Å². The molecule has 0 unspecified atom stereocenters. The zero-order valence-electron chi connectivity index (χ0n) is 14.8. The third-order valence-corrected chi connectivity index (χ3v) is 4.81. The second-order valence-electron chi connectivity index (χ2n) is 6.76. The van der Waals surface area contributed by atoms with Gasteiger partial charge in [0.1, 0.15) is 11.6 Å². The van der Waals surface area contributed by atoms with E-state index >= 15 is 0 Å². The number of hydrogen-bond acceptors (Lipinski definition) is 7. The highest BCUT2D eigenvalue weighted by atomic mass is 16.3. The van der Waals surface area contributed by atoms with Crippen LogP contribution in [0.1, 0.15) is 31.2 Å². The molecule has 0 atom stereocenters. The predicted octanol–water partition coefficient (Wildman–Crippen LogP) is 2.83. The highest BCUT2D eigenvalue weighted by molar-refractivity contribution is 5.80. The largest absolute Gasteiger partial charge is 0.508 e. The van der Waals surface area contributed by atoms with Gasteiger partial charge in [0.05, 0.1) is 6.21 Å². The number of aromatic hydroxyl groups is 1. The molecule has 2 N–H and O–H groups in total. The molecule has 2 aromatic rings. The Balaban J connectivity index is 1.54. The average molecular weight is 352 g/mol. The van der Waals surface area contributed by atoms with Crippen LogP contribution in [0.2, 0.25) is 0 Å². The van der Waals surface area contributed by atoms with Crippen LogP contribution < -0.4 is 15.2 Å². The molecular formula is C19H24N6O. The van der Waals surface area contributed by atoms with Crippen LogP contribution in [0.25, 0.3) is 0 Å². The molecule has 2 aliphatic rings. The van der Waals surface area contributed by atoms with E-state index in [9.17, 15) is 5.11 Å². The molecule has 7 heteroatoms. The van der Waals surface area contributed by atoms with Gasteiger partial charge in [0, 0.05) is 32.2 Å². The number of anilines is 3. The van der Waals surface area contributed by atoms with Gasteiger partial charge in [0.15, 0.2) is 5.82 Å². The molecule has 0 aliphatic carbocycles. The zero-order valence-corrected chi connectivity index (χ0v) is 14.8. The fourth-order valence-corrected chi connectivity index (χ4v) is 3.38. The monoisotopic (exact) mass is 352 g/mol. The van der Waals surface area contributed by atoms with Gasteiger partial charge in [-0.3, -0.25) is 5.43 Å². The van der Waals surface area contributed by atoms with E-state index in [1.807, 2.05) is 18.2 Å². The first kappa shape index (κ1) is 16.6. The van der Waals surface area contributed by atoms with E-state index in [4.69, 9.17) is 4.98 Å². The highest BCUT2D eigenvalue weighted by Crippen LogP contribution is 2.25. The van der Waals surface area contributed by atoms with Crippen molar-refractivity contribution in [2.75, 3.05) is 41.4 Å². The van der Waals surface area contributed by atoms with Gasteiger partial charge in [-0.15, -0.1) is 0 Å². The Hall–Kier alpha value is -2.83. The van der Waals surface area contributed by atoms with Crippen molar-refractivity contribution in [1.82, 2.24) is 9.97 Å². The predicted molar refractivity (Wildman–Crippen MR) is 104 cm³/mol. The Bertz CT molecular complexity index is 730. The number of aromatic nitrogens is 2. The lowest BCUT2D eigenvalue weighted by atomic mass is 10.2. The van der Waals surface area contributed by atoms with Crippen molar-refractivity contribution in [1.29, 1.82) is 0 Å². The molecule has 3 heterocycles. The van der Waals surface area contributed by atoms with E-state index in [-0.39, 0.29) is 5.75 Å².